The lowest BCUT2D eigenvalue weighted by molar-refractivity contribution is -0.144. The summed E-state index contributed by atoms with van der Waals surface area (Å²) in [6, 6.07) is 5.81. The molecule has 154 valence electrons. The van der Waals surface area contributed by atoms with Crippen molar-refractivity contribution in [3.8, 4) is 0 Å². The van der Waals surface area contributed by atoms with E-state index in [-0.39, 0.29) is 23.1 Å². The lowest BCUT2D eigenvalue weighted by Crippen LogP contribution is -2.52. The minimum absolute atomic E-state index is 0.120. The van der Waals surface area contributed by atoms with E-state index in [0.717, 1.165) is 44.6 Å². The van der Waals surface area contributed by atoms with Gasteiger partial charge < -0.3 is 9.80 Å². The molecule has 0 aliphatic carbocycles. The molecular formula is C21H28N6O2. The zero-order valence-electron chi connectivity index (χ0n) is 16.9. The Bertz CT molecular complexity index is 830. The van der Waals surface area contributed by atoms with Crippen LogP contribution < -0.4 is 0 Å². The van der Waals surface area contributed by atoms with Gasteiger partial charge in [0.05, 0.1) is 24.7 Å². The molecule has 2 saturated heterocycles. The van der Waals surface area contributed by atoms with Crippen molar-refractivity contribution >= 4 is 11.8 Å². The van der Waals surface area contributed by atoms with Crippen LogP contribution in [0.25, 0.3) is 0 Å². The van der Waals surface area contributed by atoms with Crippen molar-refractivity contribution in [3.05, 3.63) is 42.7 Å². The number of hydrogen-bond acceptors (Lipinski definition) is 5. The zero-order chi connectivity index (χ0) is 20.3. The first-order valence-electron chi connectivity index (χ1n) is 10.3. The number of amides is 2. The molecular weight excluding hydrogens is 368 g/mol. The van der Waals surface area contributed by atoms with E-state index >= 15 is 0 Å². The molecule has 0 aromatic carbocycles. The molecule has 4 heterocycles. The number of rotatable bonds is 5. The van der Waals surface area contributed by atoms with Crippen molar-refractivity contribution in [1.82, 2.24) is 29.5 Å². The number of carbonyl (C=O) groups is 2. The van der Waals surface area contributed by atoms with Crippen molar-refractivity contribution in [2.24, 2.45) is 11.3 Å². The summed E-state index contributed by atoms with van der Waals surface area (Å²) in [4.78, 5) is 37.5. The van der Waals surface area contributed by atoms with Crippen molar-refractivity contribution in [2.75, 3.05) is 19.6 Å². The number of aromatic nitrogens is 4. The molecule has 2 fully saturated rings. The summed E-state index contributed by atoms with van der Waals surface area (Å²) in [5, 5.41) is 4.09. The van der Waals surface area contributed by atoms with Gasteiger partial charge in [0.1, 0.15) is 12.7 Å². The highest BCUT2D eigenvalue weighted by molar-refractivity contribution is 5.79. The van der Waals surface area contributed by atoms with Gasteiger partial charge in [-0.25, -0.2) is 4.98 Å². The van der Waals surface area contributed by atoms with E-state index in [1.165, 1.54) is 6.33 Å². The van der Waals surface area contributed by atoms with Gasteiger partial charge in [-0.2, -0.15) is 5.10 Å². The lowest BCUT2D eigenvalue weighted by Gasteiger charge is -2.47. The van der Waals surface area contributed by atoms with Crippen LogP contribution in [0.4, 0.5) is 0 Å². The Labute approximate surface area is 170 Å². The molecule has 2 amide bonds. The standard InChI is InChI=1S/C21H28N6O2/c1-17(12-27-16-22-15-24-27)20(29)25-10-7-21(8-11-25)6-5-19(28)26(14-21)13-18-4-2-3-9-23-18/h2-4,9,15-17H,5-8,10-14H2,1H3/t17-/m1/s1. The number of piperidine rings is 2. The van der Waals surface area contributed by atoms with Gasteiger partial charge in [-0.05, 0) is 36.8 Å². The predicted octanol–water partition coefficient (Wildman–Crippen LogP) is 1.74. The van der Waals surface area contributed by atoms with Crippen LogP contribution in [0.5, 0.6) is 0 Å². The second-order valence-corrected chi connectivity index (χ2v) is 8.41. The molecule has 2 aliphatic heterocycles. The molecule has 4 rings (SSSR count). The summed E-state index contributed by atoms with van der Waals surface area (Å²) < 4.78 is 1.70. The number of nitrogens with zero attached hydrogens (tertiary/aromatic N) is 6. The molecule has 8 nitrogen and oxygen atoms in total. The summed E-state index contributed by atoms with van der Waals surface area (Å²) in [7, 11) is 0. The second kappa shape index (κ2) is 8.31. The first kappa shape index (κ1) is 19.5. The number of hydrogen-bond donors (Lipinski definition) is 0. The molecule has 0 bridgehead atoms. The van der Waals surface area contributed by atoms with Gasteiger partial charge in [0.25, 0.3) is 0 Å². The Morgan fingerprint density at radius 3 is 2.76 bits per heavy atom. The fourth-order valence-electron chi connectivity index (χ4n) is 4.54. The summed E-state index contributed by atoms with van der Waals surface area (Å²) in [6.07, 6.45) is 8.30. The van der Waals surface area contributed by atoms with Crippen LogP contribution in [0, 0.1) is 11.3 Å². The van der Waals surface area contributed by atoms with Gasteiger partial charge in [0.2, 0.25) is 11.8 Å². The van der Waals surface area contributed by atoms with E-state index in [1.54, 1.807) is 17.2 Å². The first-order valence-corrected chi connectivity index (χ1v) is 10.3. The monoisotopic (exact) mass is 396 g/mol. The summed E-state index contributed by atoms with van der Waals surface area (Å²) in [5.74, 6) is 0.258. The number of likely N-dealkylation sites (tertiary alicyclic amines) is 2. The first-order chi connectivity index (χ1) is 14.0. The highest BCUT2D eigenvalue weighted by Gasteiger charge is 2.42. The van der Waals surface area contributed by atoms with Crippen LogP contribution in [0.3, 0.4) is 0 Å². The fourth-order valence-corrected chi connectivity index (χ4v) is 4.54. The normalized spacial score (nSPS) is 20.1. The van der Waals surface area contributed by atoms with E-state index < -0.39 is 0 Å². The molecule has 29 heavy (non-hydrogen) atoms. The Hall–Kier alpha value is -2.77. The lowest BCUT2D eigenvalue weighted by atomic mass is 9.72. The molecule has 2 aromatic heterocycles. The van der Waals surface area contributed by atoms with E-state index in [0.29, 0.717) is 19.5 Å². The zero-order valence-corrected chi connectivity index (χ0v) is 16.9. The maximum absolute atomic E-state index is 12.8. The van der Waals surface area contributed by atoms with Gasteiger partial charge in [0.15, 0.2) is 0 Å². The molecule has 1 atom stereocenters. The quantitative estimate of drug-likeness (QED) is 0.769. The maximum Gasteiger partial charge on any atom is 0.227 e. The van der Waals surface area contributed by atoms with Crippen LogP contribution in [0.1, 0.15) is 38.3 Å². The van der Waals surface area contributed by atoms with Gasteiger partial charge in [-0.15, -0.1) is 0 Å². The Morgan fingerprint density at radius 2 is 2.07 bits per heavy atom. The smallest absolute Gasteiger partial charge is 0.227 e. The molecule has 0 radical (unpaired) electrons. The highest BCUT2D eigenvalue weighted by atomic mass is 16.2. The van der Waals surface area contributed by atoms with E-state index in [4.69, 9.17) is 0 Å². The third-order valence-corrected chi connectivity index (χ3v) is 6.31. The molecule has 1 spiro atoms. The SMILES string of the molecule is C[C@H](Cn1cncn1)C(=O)N1CCC2(CCC(=O)N(Cc3ccccn3)C2)CC1. The summed E-state index contributed by atoms with van der Waals surface area (Å²) in [6.45, 7) is 5.34. The van der Waals surface area contributed by atoms with E-state index in [1.807, 2.05) is 34.9 Å². The Balaban J connectivity index is 1.34. The molecule has 2 aliphatic rings. The number of pyridine rings is 1. The third kappa shape index (κ3) is 4.46. The fraction of sp³-hybridized carbons (Fsp3) is 0.571. The Morgan fingerprint density at radius 1 is 1.24 bits per heavy atom. The van der Waals surface area contributed by atoms with Crippen molar-refractivity contribution < 1.29 is 9.59 Å². The second-order valence-electron chi connectivity index (χ2n) is 8.41. The van der Waals surface area contributed by atoms with E-state index in [2.05, 4.69) is 15.1 Å². The number of carbonyl (C=O) groups excluding carboxylic acids is 2. The van der Waals surface area contributed by atoms with E-state index in [9.17, 15) is 9.59 Å². The van der Waals surface area contributed by atoms with Gasteiger partial charge in [-0.3, -0.25) is 19.3 Å². The molecule has 8 heteroatoms. The molecule has 2 aromatic rings. The van der Waals surface area contributed by atoms with Gasteiger partial charge in [0, 0.05) is 32.3 Å². The van der Waals surface area contributed by atoms with Crippen LogP contribution >= 0.6 is 0 Å². The largest absolute Gasteiger partial charge is 0.342 e. The Kier molecular flexibility index (Phi) is 5.60. The molecule has 0 N–H and O–H groups in total. The molecule has 0 saturated carbocycles. The van der Waals surface area contributed by atoms with Crippen LogP contribution in [-0.4, -0.2) is 61.0 Å². The van der Waals surface area contributed by atoms with Crippen molar-refractivity contribution in [2.45, 2.75) is 45.7 Å². The molecule has 0 unspecified atom stereocenters. The van der Waals surface area contributed by atoms with Crippen LogP contribution in [0.2, 0.25) is 0 Å². The topological polar surface area (TPSA) is 84.2 Å². The third-order valence-electron chi connectivity index (χ3n) is 6.31. The summed E-state index contributed by atoms with van der Waals surface area (Å²) >= 11 is 0. The average molecular weight is 396 g/mol. The van der Waals surface area contributed by atoms with Crippen molar-refractivity contribution in [1.29, 1.82) is 0 Å². The minimum Gasteiger partial charge on any atom is -0.342 e. The van der Waals surface area contributed by atoms with Crippen molar-refractivity contribution in [3.63, 3.8) is 0 Å². The highest BCUT2D eigenvalue weighted by Crippen LogP contribution is 2.40. The summed E-state index contributed by atoms with van der Waals surface area (Å²) in [5.41, 5.74) is 1.04. The van der Waals surface area contributed by atoms with Gasteiger partial charge in [-0.1, -0.05) is 13.0 Å². The van der Waals surface area contributed by atoms with Gasteiger partial charge >= 0.3 is 0 Å². The van der Waals surface area contributed by atoms with Crippen LogP contribution in [-0.2, 0) is 22.7 Å². The maximum atomic E-state index is 12.8. The average Bonchev–Trinajstić information content (AvgIpc) is 3.25. The van der Waals surface area contributed by atoms with Crippen LogP contribution in [0.15, 0.2) is 37.1 Å². The predicted molar refractivity (Wildman–Crippen MR) is 106 cm³/mol. The minimum atomic E-state index is -0.126.